The van der Waals surface area contributed by atoms with E-state index in [4.69, 9.17) is 4.74 Å². The molecule has 0 saturated heterocycles. The van der Waals surface area contributed by atoms with Crippen LogP contribution >= 0.6 is 0 Å². The largest absolute Gasteiger partial charge is 0.496 e. The van der Waals surface area contributed by atoms with E-state index in [2.05, 4.69) is 5.32 Å². The van der Waals surface area contributed by atoms with Crippen molar-refractivity contribution in [2.45, 2.75) is 31.8 Å². The molecule has 1 N–H and O–H groups in total. The minimum atomic E-state index is -3.68. The van der Waals surface area contributed by atoms with Crippen LogP contribution in [0.1, 0.15) is 32.6 Å². The molecule has 0 aliphatic carbocycles. The number of carbonyl (C=O) groups excluding carboxylic acids is 1. The SMILES string of the molecule is COc1ccc(C(=O)NCc2ccc(C)cc2)cc1CN(C)S(=O)(=O)c1ccc(C)cc1. The third kappa shape index (κ3) is 5.55. The maximum Gasteiger partial charge on any atom is 0.251 e. The van der Waals surface area contributed by atoms with Crippen LogP contribution in [0.3, 0.4) is 0 Å². The van der Waals surface area contributed by atoms with Gasteiger partial charge in [0.2, 0.25) is 10.0 Å². The van der Waals surface area contributed by atoms with E-state index in [1.54, 1.807) is 42.5 Å². The fourth-order valence-corrected chi connectivity index (χ4v) is 4.40. The molecule has 0 atom stereocenters. The maximum absolute atomic E-state index is 13.0. The van der Waals surface area contributed by atoms with E-state index < -0.39 is 10.0 Å². The van der Waals surface area contributed by atoms with E-state index in [1.807, 2.05) is 38.1 Å². The number of hydrogen-bond donors (Lipinski definition) is 1. The molecule has 0 fully saturated rings. The lowest BCUT2D eigenvalue weighted by atomic mass is 10.1. The highest BCUT2D eigenvalue weighted by molar-refractivity contribution is 7.89. The van der Waals surface area contributed by atoms with Crippen molar-refractivity contribution >= 4 is 15.9 Å². The Hall–Kier alpha value is -3.16. The highest BCUT2D eigenvalue weighted by atomic mass is 32.2. The van der Waals surface area contributed by atoms with Crippen molar-refractivity contribution in [2.75, 3.05) is 14.2 Å². The summed E-state index contributed by atoms with van der Waals surface area (Å²) in [5.74, 6) is 0.282. The van der Waals surface area contributed by atoms with Crippen LogP contribution in [0.5, 0.6) is 5.75 Å². The molecule has 0 aromatic heterocycles. The number of methoxy groups -OCH3 is 1. The molecule has 0 bridgehead atoms. The van der Waals surface area contributed by atoms with E-state index in [1.165, 1.54) is 18.5 Å². The standard InChI is InChI=1S/C25H28N2O4S/c1-18-5-9-20(10-6-18)16-26-25(28)21-11-14-24(31-4)22(15-21)17-27(3)32(29,30)23-12-7-19(2)8-13-23/h5-15H,16-17H2,1-4H3,(H,26,28). The average molecular weight is 453 g/mol. The summed E-state index contributed by atoms with van der Waals surface area (Å²) < 4.78 is 32.6. The summed E-state index contributed by atoms with van der Waals surface area (Å²) in [4.78, 5) is 12.9. The maximum atomic E-state index is 13.0. The molecule has 3 rings (SSSR count). The minimum Gasteiger partial charge on any atom is -0.496 e. The molecular weight excluding hydrogens is 424 g/mol. The summed E-state index contributed by atoms with van der Waals surface area (Å²) in [5.41, 5.74) is 4.19. The summed E-state index contributed by atoms with van der Waals surface area (Å²) >= 11 is 0. The number of sulfonamides is 1. The van der Waals surface area contributed by atoms with Crippen LogP contribution in [-0.4, -0.2) is 32.8 Å². The van der Waals surface area contributed by atoms with Gasteiger partial charge in [-0.3, -0.25) is 4.79 Å². The molecule has 7 heteroatoms. The zero-order valence-corrected chi connectivity index (χ0v) is 19.6. The van der Waals surface area contributed by atoms with Crippen LogP contribution < -0.4 is 10.1 Å². The predicted octanol–water partition coefficient (Wildman–Crippen LogP) is 4.06. The zero-order chi connectivity index (χ0) is 23.3. The summed E-state index contributed by atoms with van der Waals surface area (Å²) in [6.07, 6.45) is 0. The summed E-state index contributed by atoms with van der Waals surface area (Å²) in [7, 11) is -0.654. The van der Waals surface area contributed by atoms with Crippen LogP contribution in [0.25, 0.3) is 0 Å². The molecule has 6 nitrogen and oxygen atoms in total. The van der Waals surface area contributed by atoms with Crippen molar-refractivity contribution in [3.63, 3.8) is 0 Å². The van der Waals surface area contributed by atoms with Gasteiger partial charge < -0.3 is 10.1 Å². The smallest absolute Gasteiger partial charge is 0.251 e. The van der Waals surface area contributed by atoms with E-state index >= 15 is 0 Å². The second-order valence-corrected chi connectivity index (χ2v) is 9.81. The predicted molar refractivity (Wildman–Crippen MR) is 125 cm³/mol. The molecule has 0 saturated carbocycles. The monoisotopic (exact) mass is 452 g/mol. The van der Waals surface area contributed by atoms with Gasteiger partial charge in [-0.1, -0.05) is 47.5 Å². The molecule has 0 aliphatic heterocycles. The average Bonchev–Trinajstić information content (AvgIpc) is 2.78. The molecule has 168 valence electrons. The van der Waals surface area contributed by atoms with Gasteiger partial charge in [0.1, 0.15) is 5.75 Å². The number of nitrogens with one attached hydrogen (secondary N) is 1. The summed E-state index contributed by atoms with van der Waals surface area (Å²) in [5, 5.41) is 2.90. The topological polar surface area (TPSA) is 75.7 Å². The zero-order valence-electron chi connectivity index (χ0n) is 18.8. The normalized spacial score (nSPS) is 11.4. The van der Waals surface area contributed by atoms with Gasteiger partial charge in [-0.2, -0.15) is 4.31 Å². The van der Waals surface area contributed by atoms with Crippen molar-refractivity contribution in [2.24, 2.45) is 0 Å². The Morgan fingerprint density at radius 1 is 0.938 bits per heavy atom. The second kappa shape index (κ2) is 9.97. The first kappa shape index (κ1) is 23.5. The fourth-order valence-electron chi connectivity index (χ4n) is 3.25. The van der Waals surface area contributed by atoms with Gasteiger partial charge in [-0.25, -0.2) is 8.42 Å². The van der Waals surface area contributed by atoms with E-state index in [9.17, 15) is 13.2 Å². The quantitative estimate of drug-likeness (QED) is 0.559. The van der Waals surface area contributed by atoms with Crippen molar-refractivity contribution in [3.8, 4) is 5.75 Å². The molecule has 0 heterocycles. The Balaban J connectivity index is 1.77. The van der Waals surface area contributed by atoms with Crippen LogP contribution in [0.4, 0.5) is 0 Å². The van der Waals surface area contributed by atoms with E-state index in [0.29, 0.717) is 23.4 Å². The third-order valence-electron chi connectivity index (χ3n) is 5.24. The molecule has 0 radical (unpaired) electrons. The van der Waals surface area contributed by atoms with Gasteiger partial charge in [0.05, 0.1) is 12.0 Å². The van der Waals surface area contributed by atoms with Crippen molar-refractivity contribution in [1.29, 1.82) is 0 Å². The highest BCUT2D eigenvalue weighted by Crippen LogP contribution is 2.24. The molecule has 3 aromatic rings. The van der Waals surface area contributed by atoms with E-state index in [0.717, 1.165) is 16.7 Å². The minimum absolute atomic E-state index is 0.0679. The summed E-state index contributed by atoms with van der Waals surface area (Å²) in [6, 6.07) is 19.7. The highest BCUT2D eigenvalue weighted by Gasteiger charge is 2.22. The Morgan fingerprint density at radius 3 is 2.12 bits per heavy atom. The first-order valence-corrected chi connectivity index (χ1v) is 11.7. The van der Waals surface area contributed by atoms with Gasteiger partial charge >= 0.3 is 0 Å². The van der Waals surface area contributed by atoms with Crippen molar-refractivity contribution < 1.29 is 17.9 Å². The number of ether oxygens (including phenoxy) is 1. The Morgan fingerprint density at radius 2 is 1.53 bits per heavy atom. The van der Waals surface area contributed by atoms with Gasteiger partial charge in [-0.15, -0.1) is 0 Å². The van der Waals surface area contributed by atoms with Gasteiger partial charge in [0, 0.05) is 31.3 Å². The summed E-state index contributed by atoms with van der Waals surface area (Å²) in [6.45, 7) is 4.39. The van der Waals surface area contributed by atoms with Crippen LogP contribution in [0, 0.1) is 13.8 Å². The number of rotatable bonds is 8. The Bertz CT molecular complexity index is 1190. The lowest BCUT2D eigenvalue weighted by molar-refractivity contribution is 0.0950. The molecular formula is C25H28N2O4S. The van der Waals surface area contributed by atoms with Gasteiger partial charge in [-0.05, 0) is 49.7 Å². The molecule has 0 aliphatic rings. The van der Waals surface area contributed by atoms with Crippen LogP contribution in [0.2, 0.25) is 0 Å². The lowest BCUT2D eigenvalue weighted by Gasteiger charge is -2.19. The van der Waals surface area contributed by atoms with Crippen LogP contribution in [-0.2, 0) is 23.1 Å². The first-order valence-electron chi connectivity index (χ1n) is 10.2. The molecule has 3 aromatic carbocycles. The number of amides is 1. The molecule has 32 heavy (non-hydrogen) atoms. The number of carbonyl (C=O) groups is 1. The lowest BCUT2D eigenvalue weighted by Crippen LogP contribution is -2.27. The van der Waals surface area contributed by atoms with Gasteiger partial charge in [0.15, 0.2) is 0 Å². The fraction of sp³-hybridized carbons (Fsp3) is 0.240. The first-order chi connectivity index (χ1) is 15.2. The van der Waals surface area contributed by atoms with Crippen molar-refractivity contribution in [3.05, 3.63) is 94.5 Å². The number of hydrogen-bond acceptors (Lipinski definition) is 4. The molecule has 1 amide bonds. The number of nitrogens with zero attached hydrogens (tertiary/aromatic N) is 1. The molecule has 0 unspecified atom stereocenters. The Kier molecular flexibility index (Phi) is 7.33. The number of aryl methyl sites for hydroxylation is 2. The van der Waals surface area contributed by atoms with Crippen LogP contribution in [0.15, 0.2) is 71.6 Å². The van der Waals surface area contributed by atoms with Gasteiger partial charge in [0.25, 0.3) is 5.91 Å². The molecule has 0 spiro atoms. The van der Waals surface area contributed by atoms with E-state index in [-0.39, 0.29) is 17.3 Å². The Labute approximate surface area is 189 Å². The number of benzene rings is 3. The second-order valence-electron chi connectivity index (χ2n) is 7.77. The van der Waals surface area contributed by atoms with Crippen molar-refractivity contribution in [1.82, 2.24) is 9.62 Å². The third-order valence-corrected chi connectivity index (χ3v) is 7.06.